The van der Waals surface area contributed by atoms with Gasteiger partial charge in [0.15, 0.2) is 0 Å². The van der Waals surface area contributed by atoms with Crippen LogP contribution in [0.5, 0.6) is 11.5 Å². The number of carbonyl (C=O) groups is 1. The van der Waals surface area contributed by atoms with Crippen LogP contribution < -0.4 is 9.47 Å². The smallest absolute Gasteiger partial charge is 0.316 e. The van der Waals surface area contributed by atoms with Crippen LogP contribution in [0.4, 0.5) is 0 Å². The van der Waals surface area contributed by atoms with Crippen molar-refractivity contribution < 1.29 is 14.3 Å². The summed E-state index contributed by atoms with van der Waals surface area (Å²) in [7, 11) is 0. The molecule has 0 fully saturated rings. The van der Waals surface area contributed by atoms with Crippen molar-refractivity contribution in [2.24, 2.45) is 5.41 Å². The molecule has 3 nitrogen and oxygen atoms in total. The number of rotatable bonds is 6. The fraction of sp³-hybridized carbons (Fsp3) is 0.522. The van der Waals surface area contributed by atoms with Gasteiger partial charge in [0.2, 0.25) is 0 Å². The lowest BCUT2D eigenvalue weighted by molar-refractivity contribution is -0.144. The normalized spacial score (nSPS) is 12.3. The highest BCUT2D eigenvalue weighted by Gasteiger charge is 2.28. The first kappa shape index (κ1) is 20.3. The van der Waals surface area contributed by atoms with E-state index in [4.69, 9.17) is 9.47 Å². The lowest BCUT2D eigenvalue weighted by Crippen LogP contribution is -2.28. The largest absolute Gasteiger partial charge is 0.488 e. The summed E-state index contributed by atoms with van der Waals surface area (Å²) in [6.07, 6.45) is 1.66. The maximum Gasteiger partial charge on any atom is 0.316 e. The average molecular weight is 357 g/mol. The van der Waals surface area contributed by atoms with E-state index in [-0.39, 0.29) is 11.6 Å². The van der Waals surface area contributed by atoms with Gasteiger partial charge in [-0.3, -0.25) is 4.79 Å². The molecule has 0 aliphatic carbocycles. The summed E-state index contributed by atoms with van der Waals surface area (Å²) in [5.41, 5.74) is 1.35. The fourth-order valence-corrected chi connectivity index (χ4v) is 2.51. The van der Waals surface area contributed by atoms with Crippen molar-refractivity contribution in [3.05, 3.63) is 35.4 Å². The molecule has 0 aromatic heterocycles. The van der Waals surface area contributed by atoms with Gasteiger partial charge in [-0.05, 0) is 101 Å². The molecule has 0 aliphatic heterocycles. The molecule has 0 N–H and O–H groups in total. The molecule has 0 unspecified atom stereocenters. The highest BCUT2D eigenvalue weighted by Crippen LogP contribution is 2.34. The quantitative estimate of drug-likeness (QED) is 0.446. The van der Waals surface area contributed by atoms with Crippen molar-refractivity contribution >= 4 is 16.7 Å². The first-order valence-corrected chi connectivity index (χ1v) is 9.45. The minimum absolute atomic E-state index is 0.196. The van der Waals surface area contributed by atoms with Gasteiger partial charge in [0.1, 0.15) is 17.1 Å². The van der Waals surface area contributed by atoms with Crippen LogP contribution in [0.3, 0.4) is 0 Å². The molecule has 2 aromatic carbocycles. The van der Waals surface area contributed by atoms with Crippen molar-refractivity contribution in [1.82, 2.24) is 0 Å². The Balaban J connectivity index is 2.44. The van der Waals surface area contributed by atoms with Gasteiger partial charge in [0.05, 0.1) is 5.41 Å². The van der Waals surface area contributed by atoms with Crippen molar-refractivity contribution in [2.75, 3.05) is 0 Å². The van der Waals surface area contributed by atoms with Gasteiger partial charge in [-0.1, -0.05) is 13.8 Å². The molecule has 0 saturated heterocycles. The summed E-state index contributed by atoms with van der Waals surface area (Å²) < 4.78 is 11.9. The van der Waals surface area contributed by atoms with Gasteiger partial charge in [0.25, 0.3) is 0 Å². The molecule has 0 radical (unpaired) electrons. The van der Waals surface area contributed by atoms with Crippen molar-refractivity contribution in [3.63, 3.8) is 0 Å². The molecule has 0 saturated carbocycles. The monoisotopic (exact) mass is 356 g/mol. The summed E-state index contributed by atoms with van der Waals surface area (Å²) in [6, 6.07) is 8.19. The molecule has 0 bridgehead atoms. The molecule has 0 heterocycles. The van der Waals surface area contributed by atoms with Gasteiger partial charge in [-0.2, -0.15) is 0 Å². The molecule has 0 aliphatic rings. The van der Waals surface area contributed by atoms with Crippen LogP contribution in [0.2, 0.25) is 0 Å². The molecular formula is C23H32O3. The van der Waals surface area contributed by atoms with Crippen LogP contribution >= 0.6 is 0 Å². The van der Waals surface area contributed by atoms with Crippen LogP contribution in [0.15, 0.2) is 24.3 Å². The molecule has 0 atom stereocenters. The summed E-state index contributed by atoms with van der Waals surface area (Å²) in [5.74, 6) is 1.30. The van der Waals surface area contributed by atoms with Crippen LogP contribution in [0, 0.1) is 19.3 Å². The van der Waals surface area contributed by atoms with E-state index < -0.39 is 5.41 Å². The Hall–Kier alpha value is -2.03. The topological polar surface area (TPSA) is 35.5 Å². The second-order valence-corrected chi connectivity index (χ2v) is 8.42. The third-order valence-corrected chi connectivity index (χ3v) is 5.30. The number of carbonyl (C=O) groups excluding carboxylic acids is 1. The first-order valence-electron chi connectivity index (χ1n) is 9.45. The zero-order valence-electron chi connectivity index (χ0n) is 17.4. The average Bonchev–Trinajstić information content (AvgIpc) is 2.56. The molecule has 2 rings (SSSR count). The number of aryl methyl sites for hydroxylation is 2. The van der Waals surface area contributed by atoms with Crippen LogP contribution in [-0.4, -0.2) is 11.6 Å². The van der Waals surface area contributed by atoms with Crippen LogP contribution in [-0.2, 0) is 4.79 Å². The van der Waals surface area contributed by atoms with Gasteiger partial charge in [-0.15, -0.1) is 0 Å². The standard InChI is InChI=1S/C23H32O3/c1-9-22(5,6)21(24)25-19-13-18-14-20(26-23(7,8)10-2)16(4)12-17(18)11-15(19)3/h11-14H,9-10H2,1-8H3. The Morgan fingerprint density at radius 2 is 1.35 bits per heavy atom. The zero-order chi connectivity index (χ0) is 19.7. The van der Waals surface area contributed by atoms with E-state index in [2.05, 4.69) is 39.8 Å². The minimum atomic E-state index is -0.492. The predicted molar refractivity (Wildman–Crippen MR) is 108 cm³/mol. The maximum absolute atomic E-state index is 12.5. The summed E-state index contributed by atoms with van der Waals surface area (Å²) in [5, 5.41) is 2.14. The Morgan fingerprint density at radius 3 is 1.88 bits per heavy atom. The van der Waals surface area contributed by atoms with E-state index in [0.29, 0.717) is 5.75 Å². The molecule has 0 amide bonds. The van der Waals surface area contributed by atoms with Gasteiger partial charge >= 0.3 is 5.97 Å². The van der Waals surface area contributed by atoms with Crippen LogP contribution in [0.25, 0.3) is 10.8 Å². The summed E-state index contributed by atoms with van der Waals surface area (Å²) in [6.45, 7) is 16.1. The number of hydrogen-bond acceptors (Lipinski definition) is 3. The summed E-state index contributed by atoms with van der Waals surface area (Å²) >= 11 is 0. The Morgan fingerprint density at radius 1 is 0.846 bits per heavy atom. The molecule has 2 aromatic rings. The van der Waals surface area contributed by atoms with Gasteiger partial charge in [0, 0.05) is 0 Å². The van der Waals surface area contributed by atoms with E-state index in [1.807, 2.05) is 39.8 Å². The highest BCUT2D eigenvalue weighted by molar-refractivity contribution is 5.88. The van der Waals surface area contributed by atoms with E-state index >= 15 is 0 Å². The van der Waals surface area contributed by atoms with E-state index in [1.165, 1.54) is 0 Å². The van der Waals surface area contributed by atoms with Crippen molar-refractivity contribution in [2.45, 2.75) is 73.8 Å². The lowest BCUT2D eigenvalue weighted by atomic mass is 9.90. The number of hydrogen-bond donors (Lipinski definition) is 0. The maximum atomic E-state index is 12.5. The molecule has 3 heteroatoms. The number of fused-ring (bicyclic) bond motifs is 1. The van der Waals surface area contributed by atoms with E-state index in [9.17, 15) is 4.79 Å². The van der Waals surface area contributed by atoms with Crippen molar-refractivity contribution in [1.29, 1.82) is 0 Å². The molecule has 26 heavy (non-hydrogen) atoms. The third-order valence-electron chi connectivity index (χ3n) is 5.30. The highest BCUT2D eigenvalue weighted by atomic mass is 16.5. The summed E-state index contributed by atoms with van der Waals surface area (Å²) in [4.78, 5) is 12.5. The minimum Gasteiger partial charge on any atom is -0.488 e. The second-order valence-electron chi connectivity index (χ2n) is 8.42. The van der Waals surface area contributed by atoms with E-state index in [1.54, 1.807) is 0 Å². The Bertz CT molecular complexity index is 816. The van der Waals surface area contributed by atoms with Crippen LogP contribution in [0.1, 0.15) is 65.5 Å². The predicted octanol–water partition coefficient (Wildman–Crippen LogP) is 6.37. The van der Waals surface area contributed by atoms with Crippen molar-refractivity contribution in [3.8, 4) is 11.5 Å². The first-order chi connectivity index (χ1) is 12.0. The molecule has 0 spiro atoms. The Labute approximate surface area is 157 Å². The number of esters is 1. The van der Waals surface area contributed by atoms with Gasteiger partial charge in [-0.25, -0.2) is 0 Å². The zero-order valence-corrected chi connectivity index (χ0v) is 17.4. The SMILES string of the molecule is CCC(C)(C)Oc1cc2cc(OC(=O)C(C)(C)CC)c(C)cc2cc1C. The van der Waals surface area contributed by atoms with Gasteiger partial charge < -0.3 is 9.47 Å². The molecular weight excluding hydrogens is 324 g/mol. The second kappa shape index (κ2) is 7.30. The lowest BCUT2D eigenvalue weighted by Gasteiger charge is -2.26. The number of benzene rings is 2. The molecule has 142 valence electrons. The third kappa shape index (κ3) is 4.38. The Kier molecular flexibility index (Phi) is 5.70. The number of ether oxygens (including phenoxy) is 2. The van der Waals surface area contributed by atoms with E-state index in [0.717, 1.165) is 40.5 Å². The fourth-order valence-electron chi connectivity index (χ4n) is 2.51.